The van der Waals surface area contributed by atoms with E-state index in [0.29, 0.717) is 53.5 Å². The summed E-state index contributed by atoms with van der Waals surface area (Å²) in [4.78, 5) is 26.2. The summed E-state index contributed by atoms with van der Waals surface area (Å²) < 4.78 is 72.4. The summed E-state index contributed by atoms with van der Waals surface area (Å²) in [5.41, 5.74) is 0.342. The van der Waals surface area contributed by atoms with E-state index in [-0.39, 0.29) is 18.7 Å². The van der Waals surface area contributed by atoms with Crippen LogP contribution < -0.4 is 10.1 Å². The molecule has 3 aromatic heterocycles. The van der Waals surface area contributed by atoms with Crippen LogP contribution in [-0.4, -0.2) is 63.3 Å². The van der Waals surface area contributed by atoms with Crippen LogP contribution in [0.15, 0.2) is 30.7 Å². The van der Waals surface area contributed by atoms with Crippen LogP contribution in [0, 0.1) is 6.92 Å². The van der Waals surface area contributed by atoms with Gasteiger partial charge in [-0.2, -0.15) is 17.5 Å². The minimum Gasteiger partial charge on any atom is -0.478 e. The lowest BCUT2D eigenvalue weighted by Crippen LogP contribution is -2.26. The van der Waals surface area contributed by atoms with Crippen LogP contribution in [0.5, 0.6) is 5.88 Å². The third-order valence-electron chi connectivity index (χ3n) is 4.88. The van der Waals surface area contributed by atoms with Crippen molar-refractivity contribution in [3.05, 3.63) is 58.2 Å². The SMILES string of the molecule is Cc1nsc(Cc2cnc(C(F)(F)F)cn2)c1C(=O)Nc1ccc(OCCCN(C)CC(F)F)nc1. The molecule has 3 heterocycles. The summed E-state index contributed by atoms with van der Waals surface area (Å²) in [5, 5.41) is 2.72. The zero-order valence-corrected chi connectivity index (χ0v) is 20.2. The zero-order chi connectivity index (χ0) is 26.3. The Balaban J connectivity index is 1.56. The maximum Gasteiger partial charge on any atom is 0.434 e. The molecular formula is C22H23F5N6O2S. The molecule has 36 heavy (non-hydrogen) atoms. The van der Waals surface area contributed by atoms with Crippen LogP contribution in [0.4, 0.5) is 27.6 Å². The van der Waals surface area contributed by atoms with Gasteiger partial charge in [0.2, 0.25) is 5.88 Å². The maximum atomic E-state index is 12.9. The van der Waals surface area contributed by atoms with Gasteiger partial charge in [-0.1, -0.05) is 0 Å². The standard InChI is InChI=1S/C22H23F5N6O2S/c1-13-20(16(36-32-13)8-15-10-29-17(11-28-15)22(25,26)27)21(34)31-14-4-5-19(30-9-14)35-7-3-6-33(2)12-18(23)24/h4-5,9-11,18H,3,6-8,12H2,1-2H3,(H,31,34). The van der Waals surface area contributed by atoms with E-state index in [1.807, 2.05) is 0 Å². The molecule has 194 valence electrons. The highest BCUT2D eigenvalue weighted by Crippen LogP contribution is 2.27. The normalized spacial score (nSPS) is 11.8. The molecule has 0 atom stereocenters. The van der Waals surface area contributed by atoms with Crippen molar-refractivity contribution in [3.63, 3.8) is 0 Å². The summed E-state index contributed by atoms with van der Waals surface area (Å²) in [6.45, 7) is 2.10. The molecule has 0 fully saturated rings. The molecule has 1 amide bonds. The van der Waals surface area contributed by atoms with Gasteiger partial charge in [-0.05, 0) is 38.0 Å². The predicted octanol–water partition coefficient (Wildman–Crippen LogP) is 4.46. The van der Waals surface area contributed by atoms with E-state index in [4.69, 9.17) is 4.74 Å². The van der Waals surface area contributed by atoms with E-state index in [1.54, 1.807) is 26.1 Å². The Morgan fingerprint density at radius 1 is 1.17 bits per heavy atom. The number of aromatic nitrogens is 4. The Morgan fingerprint density at radius 3 is 2.56 bits per heavy atom. The van der Waals surface area contributed by atoms with E-state index < -0.39 is 24.2 Å². The van der Waals surface area contributed by atoms with Gasteiger partial charge in [0.25, 0.3) is 12.3 Å². The fourth-order valence-electron chi connectivity index (χ4n) is 3.16. The average Bonchev–Trinajstić information content (AvgIpc) is 3.17. The molecule has 0 saturated heterocycles. The number of aryl methyl sites for hydroxylation is 1. The molecule has 0 bridgehead atoms. The fraction of sp³-hybridized carbons (Fsp3) is 0.409. The Labute approximate surface area is 207 Å². The largest absolute Gasteiger partial charge is 0.478 e. The van der Waals surface area contributed by atoms with Crippen LogP contribution in [0.3, 0.4) is 0 Å². The van der Waals surface area contributed by atoms with Crippen molar-refractivity contribution in [1.82, 2.24) is 24.2 Å². The van der Waals surface area contributed by atoms with Crippen molar-refractivity contribution >= 4 is 23.1 Å². The van der Waals surface area contributed by atoms with E-state index in [2.05, 4.69) is 24.6 Å². The van der Waals surface area contributed by atoms with Crippen LogP contribution in [0.2, 0.25) is 0 Å². The summed E-state index contributed by atoms with van der Waals surface area (Å²) in [6.07, 6.45) is -3.25. The van der Waals surface area contributed by atoms with E-state index >= 15 is 0 Å². The highest BCUT2D eigenvalue weighted by atomic mass is 32.1. The number of nitrogens with zero attached hydrogens (tertiary/aromatic N) is 5. The van der Waals surface area contributed by atoms with Crippen LogP contribution >= 0.6 is 11.5 Å². The number of anilines is 1. The number of rotatable bonds is 11. The molecule has 0 aliphatic carbocycles. The van der Waals surface area contributed by atoms with Crippen molar-refractivity contribution in [2.75, 3.05) is 32.1 Å². The van der Waals surface area contributed by atoms with Crippen LogP contribution in [0.1, 0.15) is 38.7 Å². The number of carbonyl (C=O) groups excluding carboxylic acids is 1. The van der Waals surface area contributed by atoms with Gasteiger partial charge in [0, 0.05) is 30.1 Å². The average molecular weight is 531 g/mol. The minimum absolute atomic E-state index is 0.0942. The topological polar surface area (TPSA) is 93.1 Å². The molecule has 1 N–H and O–H groups in total. The summed E-state index contributed by atoms with van der Waals surface area (Å²) >= 11 is 1.06. The maximum absolute atomic E-state index is 12.9. The van der Waals surface area contributed by atoms with Crippen molar-refractivity contribution in [2.24, 2.45) is 0 Å². The lowest BCUT2D eigenvalue weighted by Gasteiger charge is -2.15. The summed E-state index contributed by atoms with van der Waals surface area (Å²) in [7, 11) is 1.61. The van der Waals surface area contributed by atoms with Gasteiger partial charge in [-0.15, -0.1) is 0 Å². The number of carbonyl (C=O) groups is 1. The molecule has 3 aromatic rings. The van der Waals surface area contributed by atoms with Gasteiger partial charge in [-0.25, -0.2) is 18.7 Å². The number of ether oxygens (including phenoxy) is 1. The van der Waals surface area contributed by atoms with E-state index in [9.17, 15) is 26.7 Å². The number of pyridine rings is 1. The lowest BCUT2D eigenvalue weighted by molar-refractivity contribution is -0.141. The lowest BCUT2D eigenvalue weighted by atomic mass is 10.1. The highest BCUT2D eigenvalue weighted by Gasteiger charge is 2.32. The van der Waals surface area contributed by atoms with Crippen LogP contribution in [-0.2, 0) is 12.6 Å². The van der Waals surface area contributed by atoms with E-state index in [0.717, 1.165) is 17.7 Å². The third-order valence-corrected chi connectivity index (χ3v) is 5.81. The second kappa shape index (κ2) is 12.1. The molecule has 0 spiro atoms. The molecule has 0 unspecified atom stereocenters. The van der Waals surface area contributed by atoms with Crippen molar-refractivity contribution < 1.29 is 31.5 Å². The smallest absolute Gasteiger partial charge is 0.434 e. The van der Waals surface area contributed by atoms with Crippen molar-refractivity contribution in [2.45, 2.75) is 32.4 Å². The first-order chi connectivity index (χ1) is 17.0. The molecule has 8 nitrogen and oxygen atoms in total. The van der Waals surface area contributed by atoms with Crippen molar-refractivity contribution in [1.29, 1.82) is 0 Å². The Morgan fingerprint density at radius 2 is 1.94 bits per heavy atom. The Hall–Kier alpha value is -3.26. The first-order valence-corrected chi connectivity index (χ1v) is 11.5. The van der Waals surface area contributed by atoms with Gasteiger partial charge in [-0.3, -0.25) is 9.78 Å². The van der Waals surface area contributed by atoms with Crippen molar-refractivity contribution in [3.8, 4) is 5.88 Å². The molecule has 14 heteroatoms. The third kappa shape index (κ3) is 7.88. The van der Waals surface area contributed by atoms with Gasteiger partial charge in [0.1, 0.15) is 0 Å². The predicted molar refractivity (Wildman–Crippen MR) is 122 cm³/mol. The molecule has 0 aliphatic rings. The first kappa shape index (κ1) is 27.3. The number of hydrogen-bond acceptors (Lipinski definition) is 8. The number of hydrogen-bond donors (Lipinski definition) is 1. The Kier molecular flexibility index (Phi) is 9.20. The molecule has 0 radical (unpaired) electrons. The van der Waals surface area contributed by atoms with Gasteiger partial charge < -0.3 is 15.0 Å². The molecular weight excluding hydrogens is 507 g/mol. The second-order valence-corrected chi connectivity index (χ2v) is 8.69. The van der Waals surface area contributed by atoms with E-state index in [1.165, 1.54) is 11.1 Å². The quantitative estimate of drug-likeness (QED) is 0.289. The molecule has 0 saturated carbocycles. The summed E-state index contributed by atoms with van der Waals surface area (Å²) in [5.74, 6) is -0.131. The molecule has 0 aliphatic heterocycles. The number of alkyl halides is 5. The number of nitrogens with one attached hydrogen (secondary N) is 1. The molecule has 3 rings (SSSR count). The monoisotopic (exact) mass is 530 g/mol. The molecule has 0 aromatic carbocycles. The zero-order valence-electron chi connectivity index (χ0n) is 19.4. The van der Waals surface area contributed by atoms with Crippen LogP contribution in [0.25, 0.3) is 0 Å². The fourth-order valence-corrected chi connectivity index (χ4v) is 4.04. The minimum atomic E-state index is -4.58. The highest BCUT2D eigenvalue weighted by molar-refractivity contribution is 7.06. The number of halogens is 5. The number of amides is 1. The summed E-state index contributed by atoms with van der Waals surface area (Å²) in [6, 6.07) is 3.16. The van der Waals surface area contributed by atoms with Gasteiger partial charge >= 0.3 is 6.18 Å². The van der Waals surface area contributed by atoms with Gasteiger partial charge in [0.05, 0.1) is 48.2 Å². The van der Waals surface area contributed by atoms with Gasteiger partial charge in [0.15, 0.2) is 5.69 Å². The second-order valence-electron chi connectivity index (χ2n) is 7.83. The Bertz CT molecular complexity index is 1140. The first-order valence-electron chi connectivity index (χ1n) is 10.7.